The zero-order valence-corrected chi connectivity index (χ0v) is 20.7. The number of hydrogen-bond acceptors (Lipinski definition) is 5. The zero-order valence-electron chi connectivity index (χ0n) is 18.5. The molecular weight excluding hydrogens is 533 g/mol. The maximum absolute atomic E-state index is 12.3. The summed E-state index contributed by atoms with van der Waals surface area (Å²) in [6.07, 6.45) is 1.52. The second-order valence-electron chi connectivity index (χ2n) is 7.25. The maximum atomic E-state index is 12.3. The molecule has 0 radical (unpaired) electrons. The lowest BCUT2D eigenvalue weighted by Crippen LogP contribution is -2.21. The lowest BCUT2D eigenvalue weighted by molar-refractivity contribution is -0.118. The predicted molar refractivity (Wildman–Crippen MR) is 137 cm³/mol. The number of rotatable bonds is 8. The Morgan fingerprint density at radius 1 is 1.06 bits per heavy atom. The molecule has 0 heterocycles. The third-order valence-corrected chi connectivity index (χ3v) is 5.51. The molecule has 0 aliphatic heterocycles. The first-order valence-corrected chi connectivity index (χ1v) is 11.2. The van der Waals surface area contributed by atoms with E-state index < -0.39 is 0 Å². The smallest absolute Gasteiger partial charge is 0.271 e. The van der Waals surface area contributed by atoms with E-state index in [-0.39, 0.29) is 18.4 Å². The Morgan fingerprint density at radius 2 is 1.79 bits per heavy atom. The van der Waals surface area contributed by atoms with Crippen LogP contribution >= 0.6 is 22.6 Å². The number of aryl methyl sites for hydroxylation is 2. The molecule has 0 aliphatic rings. The van der Waals surface area contributed by atoms with Crippen LogP contribution in [0.5, 0.6) is 11.5 Å². The first-order valence-electron chi connectivity index (χ1n) is 10.1. The number of methoxy groups -OCH3 is 1. The average molecular weight is 557 g/mol. The van der Waals surface area contributed by atoms with Gasteiger partial charge in [-0.15, -0.1) is 0 Å². The van der Waals surface area contributed by atoms with E-state index in [0.29, 0.717) is 22.6 Å². The van der Waals surface area contributed by atoms with Crippen LogP contribution in [0.25, 0.3) is 0 Å². The van der Waals surface area contributed by atoms with Crippen LogP contribution in [-0.4, -0.2) is 31.7 Å². The Bertz CT molecular complexity index is 1180. The molecule has 0 saturated carbocycles. The molecule has 0 saturated heterocycles. The van der Waals surface area contributed by atoms with Crippen molar-refractivity contribution in [1.29, 1.82) is 0 Å². The van der Waals surface area contributed by atoms with Crippen LogP contribution in [0, 0.1) is 17.4 Å². The summed E-state index contributed by atoms with van der Waals surface area (Å²) in [5.74, 6) is 0.343. The molecule has 170 valence electrons. The van der Waals surface area contributed by atoms with Crippen LogP contribution in [0.2, 0.25) is 0 Å². The predicted octanol–water partition coefficient (Wildman–Crippen LogP) is 4.70. The maximum Gasteiger partial charge on any atom is 0.271 e. The molecule has 0 aromatic heterocycles. The molecule has 2 amide bonds. The van der Waals surface area contributed by atoms with E-state index >= 15 is 0 Å². The van der Waals surface area contributed by atoms with Crippen molar-refractivity contribution < 1.29 is 19.1 Å². The van der Waals surface area contributed by atoms with Gasteiger partial charge in [0.05, 0.1) is 16.9 Å². The fourth-order valence-corrected chi connectivity index (χ4v) is 3.71. The zero-order chi connectivity index (χ0) is 23.8. The van der Waals surface area contributed by atoms with Crippen molar-refractivity contribution in [2.24, 2.45) is 5.10 Å². The lowest BCUT2D eigenvalue weighted by Gasteiger charge is -2.14. The molecular formula is C25H24IN3O4. The van der Waals surface area contributed by atoms with Crippen molar-refractivity contribution >= 4 is 46.3 Å². The van der Waals surface area contributed by atoms with Crippen LogP contribution < -0.4 is 20.2 Å². The number of hydrazone groups is 1. The molecule has 8 heteroatoms. The second kappa shape index (κ2) is 11.5. The summed E-state index contributed by atoms with van der Waals surface area (Å²) in [5.41, 5.74) is 6.53. The number of benzene rings is 3. The molecule has 0 atom stereocenters. The highest BCUT2D eigenvalue weighted by molar-refractivity contribution is 14.1. The van der Waals surface area contributed by atoms with Gasteiger partial charge in [-0.3, -0.25) is 9.59 Å². The van der Waals surface area contributed by atoms with Crippen molar-refractivity contribution in [1.82, 2.24) is 5.43 Å². The number of nitrogens with one attached hydrogen (secondary N) is 2. The molecule has 0 unspecified atom stereocenters. The Hall–Kier alpha value is -3.40. The van der Waals surface area contributed by atoms with E-state index in [1.54, 1.807) is 18.2 Å². The molecule has 7 nitrogen and oxygen atoms in total. The number of amides is 2. The van der Waals surface area contributed by atoms with Crippen LogP contribution in [0.4, 0.5) is 5.69 Å². The van der Waals surface area contributed by atoms with Gasteiger partial charge in [-0.25, -0.2) is 5.43 Å². The van der Waals surface area contributed by atoms with E-state index in [1.807, 2.05) is 56.3 Å². The summed E-state index contributed by atoms with van der Waals surface area (Å²) in [7, 11) is 1.52. The standard InChI is InChI=1S/C25H24IN3O4/c1-16-8-10-19(11-9-16)25(31)29-27-14-18-12-20(26)24(22(13-18)32-3)33-15-23(30)28-21-7-5-4-6-17(21)2/h4-14H,15H2,1-3H3,(H,28,30)(H,29,31)/b27-14+. The normalized spacial score (nSPS) is 10.7. The highest BCUT2D eigenvalue weighted by atomic mass is 127. The van der Waals surface area contributed by atoms with Crippen molar-refractivity contribution in [3.8, 4) is 11.5 Å². The van der Waals surface area contributed by atoms with Crippen molar-refractivity contribution in [2.45, 2.75) is 13.8 Å². The molecule has 3 aromatic rings. The fraction of sp³-hybridized carbons (Fsp3) is 0.160. The Labute approximate surface area is 206 Å². The number of ether oxygens (including phenoxy) is 2. The first kappa shape index (κ1) is 24.2. The number of anilines is 1. The van der Waals surface area contributed by atoms with Crippen molar-refractivity contribution in [3.63, 3.8) is 0 Å². The van der Waals surface area contributed by atoms with Gasteiger partial charge in [-0.1, -0.05) is 35.9 Å². The van der Waals surface area contributed by atoms with Crippen LogP contribution in [0.15, 0.2) is 65.8 Å². The number of nitrogens with zero attached hydrogens (tertiary/aromatic N) is 1. The topological polar surface area (TPSA) is 89.0 Å². The number of carbonyl (C=O) groups excluding carboxylic acids is 2. The van der Waals surface area contributed by atoms with Gasteiger partial charge >= 0.3 is 0 Å². The van der Waals surface area contributed by atoms with Gasteiger partial charge in [0.15, 0.2) is 18.1 Å². The van der Waals surface area contributed by atoms with Crippen LogP contribution in [0.3, 0.4) is 0 Å². The SMILES string of the molecule is COc1cc(/C=N/NC(=O)c2ccc(C)cc2)cc(I)c1OCC(=O)Nc1ccccc1C. The highest BCUT2D eigenvalue weighted by Crippen LogP contribution is 2.33. The van der Waals surface area contributed by atoms with Gasteiger partial charge in [0, 0.05) is 11.3 Å². The van der Waals surface area contributed by atoms with Crippen molar-refractivity contribution in [2.75, 3.05) is 19.0 Å². The van der Waals surface area contributed by atoms with Gasteiger partial charge in [-0.2, -0.15) is 5.10 Å². The molecule has 2 N–H and O–H groups in total. The molecule has 0 spiro atoms. The van der Waals surface area contributed by atoms with Gasteiger partial charge in [0.2, 0.25) is 0 Å². The number of halogens is 1. The first-order chi connectivity index (χ1) is 15.9. The van der Waals surface area contributed by atoms with Crippen LogP contribution in [-0.2, 0) is 4.79 Å². The largest absolute Gasteiger partial charge is 0.493 e. The third kappa shape index (κ3) is 6.79. The van der Waals surface area contributed by atoms with Gasteiger partial charge in [0.1, 0.15) is 0 Å². The summed E-state index contributed by atoms with van der Waals surface area (Å²) in [4.78, 5) is 24.5. The number of hydrogen-bond donors (Lipinski definition) is 2. The quantitative estimate of drug-likeness (QED) is 0.239. The summed E-state index contributed by atoms with van der Waals surface area (Å²) in [6, 6.07) is 18.3. The van der Waals surface area contributed by atoms with Crippen LogP contribution in [0.1, 0.15) is 27.0 Å². The average Bonchev–Trinajstić information content (AvgIpc) is 2.80. The Balaban J connectivity index is 1.63. The number of carbonyl (C=O) groups is 2. The Morgan fingerprint density at radius 3 is 2.48 bits per heavy atom. The minimum Gasteiger partial charge on any atom is -0.493 e. The summed E-state index contributed by atoms with van der Waals surface area (Å²) in [6.45, 7) is 3.71. The number of para-hydroxylation sites is 1. The minimum absolute atomic E-state index is 0.166. The molecule has 0 fully saturated rings. The molecule has 0 bridgehead atoms. The highest BCUT2D eigenvalue weighted by Gasteiger charge is 2.14. The van der Waals surface area contributed by atoms with E-state index in [0.717, 1.165) is 20.4 Å². The van der Waals surface area contributed by atoms with Gasteiger partial charge in [-0.05, 0) is 77.9 Å². The molecule has 3 rings (SSSR count). The molecule has 3 aromatic carbocycles. The van der Waals surface area contributed by atoms with Gasteiger partial charge in [0.25, 0.3) is 11.8 Å². The molecule has 0 aliphatic carbocycles. The summed E-state index contributed by atoms with van der Waals surface area (Å²) < 4.78 is 11.9. The summed E-state index contributed by atoms with van der Waals surface area (Å²) in [5, 5.41) is 6.86. The fourth-order valence-electron chi connectivity index (χ4n) is 2.93. The third-order valence-electron chi connectivity index (χ3n) is 4.71. The van der Waals surface area contributed by atoms with Gasteiger partial charge < -0.3 is 14.8 Å². The molecule has 33 heavy (non-hydrogen) atoms. The second-order valence-corrected chi connectivity index (χ2v) is 8.41. The summed E-state index contributed by atoms with van der Waals surface area (Å²) >= 11 is 2.10. The van der Waals surface area contributed by atoms with E-state index in [4.69, 9.17) is 9.47 Å². The van der Waals surface area contributed by atoms with E-state index in [1.165, 1.54) is 13.3 Å². The monoisotopic (exact) mass is 557 g/mol. The van der Waals surface area contributed by atoms with E-state index in [9.17, 15) is 9.59 Å². The lowest BCUT2D eigenvalue weighted by atomic mass is 10.1. The van der Waals surface area contributed by atoms with E-state index in [2.05, 4.69) is 38.4 Å². The minimum atomic E-state index is -0.299. The van der Waals surface area contributed by atoms with Crippen molar-refractivity contribution in [3.05, 3.63) is 86.5 Å². The Kier molecular flexibility index (Phi) is 8.42.